The van der Waals surface area contributed by atoms with Crippen molar-refractivity contribution >= 4 is 23.1 Å². The minimum Gasteiger partial charge on any atom is -0.492 e. The summed E-state index contributed by atoms with van der Waals surface area (Å²) in [6.07, 6.45) is 3.05. The first-order chi connectivity index (χ1) is 9.11. The summed E-state index contributed by atoms with van der Waals surface area (Å²) in [7, 11) is 0. The van der Waals surface area contributed by atoms with Gasteiger partial charge in [0, 0.05) is 28.0 Å². The van der Waals surface area contributed by atoms with E-state index in [2.05, 4.69) is 4.98 Å². The summed E-state index contributed by atoms with van der Waals surface area (Å²) in [6, 6.07) is 6.43. The molecule has 0 aliphatic heterocycles. The largest absolute Gasteiger partial charge is 0.492 e. The maximum Gasteiger partial charge on any atom is 0.196 e. The molecule has 0 amide bonds. The molecule has 1 heterocycles. The van der Waals surface area contributed by atoms with E-state index in [1.807, 2.05) is 6.92 Å². The number of pyridine rings is 1. The maximum atomic E-state index is 12.3. The van der Waals surface area contributed by atoms with Gasteiger partial charge in [0.1, 0.15) is 5.75 Å². The summed E-state index contributed by atoms with van der Waals surface area (Å²) in [5.74, 6) is 0.351. The predicted molar refractivity (Wildman–Crippen MR) is 74.7 cm³/mol. The fourth-order valence-corrected chi connectivity index (χ4v) is 1.87. The number of carbonyl (C=O) groups excluding carboxylic acids is 1. The van der Waals surface area contributed by atoms with E-state index < -0.39 is 0 Å². The number of nitrogens with zero attached hydrogens (tertiary/aromatic N) is 1. The van der Waals surface area contributed by atoms with Crippen molar-refractivity contribution in [1.82, 2.24) is 4.98 Å². The Kier molecular flexibility index (Phi) is 4.02. The number of anilines is 1. The van der Waals surface area contributed by atoms with Crippen LogP contribution in [0.5, 0.6) is 5.75 Å². The monoisotopic (exact) mass is 276 g/mol. The van der Waals surface area contributed by atoms with Gasteiger partial charge >= 0.3 is 0 Å². The van der Waals surface area contributed by atoms with Crippen molar-refractivity contribution in [2.24, 2.45) is 0 Å². The van der Waals surface area contributed by atoms with Gasteiger partial charge in [0.2, 0.25) is 0 Å². The number of nitrogen functional groups attached to an aromatic ring is 1. The SMILES string of the molecule is CCOc1cncc(C(=O)c2ccc(Cl)cc2N)c1. The lowest BCUT2D eigenvalue weighted by atomic mass is 10.0. The van der Waals surface area contributed by atoms with Crippen LogP contribution in [0.25, 0.3) is 0 Å². The molecule has 2 N–H and O–H groups in total. The van der Waals surface area contributed by atoms with Crippen molar-refractivity contribution in [1.29, 1.82) is 0 Å². The molecule has 2 aromatic rings. The molecule has 0 saturated heterocycles. The van der Waals surface area contributed by atoms with Crippen LogP contribution in [0, 0.1) is 0 Å². The highest BCUT2D eigenvalue weighted by Gasteiger charge is 2.13. The summed E-state index contributed by atoms with van der Waals surface area (Å²) in [5, 5.41) is 0.496. The number of ether oxygens (including phenoxy) is 1. The normalized spacial score (nSPS) is 10.2. The van der Waals surface area contributed by atoms with Gasteiger partial charge in [-0.25, -0.2) is 0 Å². The van der Waals surface area contributed by atoms with Crippen LogP contribution in [0.15, 0.2) is 36.7 Å². The van der Waals surface area contributed by atoms with Crippen LogP contribution in [-0.2, 0) is 0 Å². The molecule has 98 valence electrons. The molecule has 0 radical (unpaired) electrons. The molecular weight excluding hydrogens is 264 g/mol. The zero-order chi connectivity index (χ0) is 13.8. The molecular formula is C14H13ClN2O2. The van der Waals surface area contributed by atoms with Crippen LogP contribution in [0.1, 0.15) is 22.8 Å². The lowest BCUT2D eigenvalue weighted by molar-refractivity contribution is 0.103. The molecule has 0 fully saturated rings. The summed E-state index contributed by atoms with van der Waals surface area (Å²) >= 11 is 5.81. The van der Waals surface area contributed by atoms with Crippen molar-refractivity contribution in [3.8, 4) is 5.75 Å². The highest BCUT2D eigenvalue weighted by atomic mass is 35.5. The number of aromatic nitrogens is 1. The summed E-state index contributed by atoms with van der Waals surface area (Å²) < 4.78 is 5.31. The lowest BCUT2D eigenvalue weighted by Crippen LogP contribution is -2.06. The van der Waals surface area contributed by atoms with Gasteiger partial charge in [-0.2, -0.15) is 0 Å². The van der Waals surface area contributed by atoms with Crippen molar-refractivity contribution in [2.75, 3.05) is 12.3 Å². The van der Waals surface area contributed by atoms with Crippen LogP contribution in [0.4, 0.5) is 5.69 Å². The van der Waals surface area contributed by atoms with Crippen LogP contribution in [0.3, 0.4) is 0 Å². The fraction of sp³-hybridized carbons (Fsp3) is 0.143. The maximum absolute atomic E-state index is 12.3. The van der Waals surface area contributed by atoms with Crippen LogP contribution in [0.2, 0.25) is 5.02 Å². The van der Waals surface area contributed by atoms with Crippen LogP contribution < -0.4 is 10.5 Å². The molecule has 0 saturated carbocycles. The first-order valence-electron chi connectivity index (χ1n) is 5.79. The molecule has 4 nitrogen and oxygen atoms in total. The zero-order valence-corrected chi connectivity index (χ0v) is 11.1. The van der Waals surface area contributed by atoms with Crippen molar-refractivity contribution in [3.05, 3.63) is 52.8 Å². The third-order valence-electron chi connectivity index (χ3n) is 2.54. The van der Waals surface area contributed by atoms with Gasteiger partial charge in [-0.1, -0.05) is 11.6 Å². The minimum absolute atomic E-state index is 0.205. The van der Waals surface area contributed by atoms with Crippen LogP contribution >= 0.6 is 11.6 Å². The van der Waals surface area contributed by atoms with E-state index in [1.165, 1.54) is 6.20 Å². The Balaban J connectivity index is 2.35. The summed E-state index contributed by atoms with van der Waals surface area (Å²) in [4.78, 5) is 16.3. The van der Waals surface area contributed by atoms with Crippen molar-refractivity contribution < 1.29 is 9.53 Å². The van der Waals surface area contributed by atoms with E-state index in [0.717, 1.165) is 0 Å². The van der Waals surface area contributed by atoms with E-state index in [0.29, 0.717) is 34.2 Å². The Morgan fingerprint density at radius 3 is 2.84 bits per heavy atom. The number of halogens is 1. The summed E-state index contributed by atoms with van der Waals surface area (Å²) in [6.45, 7) is 2.38. The Morgan fingerprint density at radius 1 is 1.37 bits per heavy atom. The number of benzene rings is 1. The lowest BCUT2D eigenvalue weighted by Gasteiger charge is -2.07. The topological polar surface area (TPSA) is 65.2 Å². The number of carbonyl (C=O) groups is 1. The predicted octanol–water partition coefficient (Wildman–Crippen LogP) is 2.95. The minimum atomic E-state index is -0.205. The van der Waals surface area contributed by atoms with E-state index in [4.69, 9.17) is 22.1 Å². The van der Waals surface area contributed by atoms with Gasteiger partial charge in [0.15, 0.2) is 5.78 Å². The highest BCUT2D eigenvalue weighted by Crippen LogP contribution is 2.22. The standard InChI is InChI=1S/C14H13ClN2O2/c1-2-19-11-5-9(7-17-8-11)14(18)12-4-3-10(15)6-13(12)16/h3-8H,2,16H2,1H3. The number of hydrogen-bond acceptors (Lipinski definition) is 4. The molecule has 19 heavy (non-hydrogen) atoms. The zero-order valence-electron chi connectivity index (χ0n) is 10.4. The van der Waals surface area contributed by atoms with Gasteiger partial charge in [-0.05, 0) is 31.2 Å². The van der Waals surface area contributed by atoms with Gasteiger partial charge in [-0.15, -0.1) is 0 Å². The van der Waals surface area contributed by atoms with Gasteiger partial charge in [0.05, 0.1) is 12.8 Å². The molecule has 0 bridgehead atoms. The number of ketones is 1. The smallest absolute Gasteiger partial charge is 0.196 e. The quantitative estimate of drug-likeness (QED) is 0.689. The van der Waals surface area contributed by atoms with E-state index in [1.54, 1.807) is 30.5 Å². The third-order valence-corrected chi connectivity index (χ3v) is 2.78. The highest BCUT2D eigenvalue weighted by molar-refractivity contribution is 6.31. The molecule has 0 aliphatic rings. The second kappa shape index (κ2) is 5.71. The van der Waals surface area contributed by atoms with Crippen LogP contribution in [-0.4, -0.2) is 17.4 Å². The fourth-order valence-electron chi connectivity index (χ4n) is 1.68. The van der Waals surface area contributed by atoms with Gasteiger partial charge < -0.3 is 10.5 Å². The first-order valence-corrected chi connectivity index (χ1v) is 6.17. The second-order valence-electron chi connectivity index (χ2n) is 3.90. The van der Waals surface area contributed by atoms with Crippen molar-refractivity contribution in [3.63, 3.8) is 0 Å². The third kappa shape index (κ3) is 3.03. The van der Waals surface area contributed by atoms with Gasteiger partial charge in [0.25, 0.3) is 0 Å². The van der Waals surface area contributed by atoms with E-state index in [9.17, 15) is 4.79 Å². The molecule has 0 spiro atoms. The van der Waals surface area contributed by atoms with Gasteiger partial charge in [-0.3, -0.25) is 9.78 Å². The average Bonchev–Trinajstić information content (AvgIpc) is 2.39. The Hall–Kier alpha value is -2.07. The van der Waals surface area contributed by atoms with E-state index >= 15 is 0 Å². The molecule has 5 heteroatoms. The number of rotatable bonds is 4. The van der Waals surface area contributed by atoms with Crippen molar-refractivity contribution in [2.45, 2.75) is 6.92 Å². The number of nitrogens with two attached hydrogens (primary N) is 1. The Labute approximate surface area is 116 Å². The molecule has 0 unspecified atom stereocenters. The molecule has 0 atom stereocenters. The first kappa shape index (κ1) is 13.4. The Morgan fingerprint density at radius 2 is 2.16 bits per heavy atom. The Bertz CT molecular complexity index is 614. The van der Waals surface area contributed by atoms with E-state index in [-0.39, 0.29) is 5.78 Å². The second-order valence-corrected chi connectivity index (χ2v) is 4.34. The molecule has 1 aromatic carbocycles. The average molecular weight is 277 g/mol. The molecule has 1 aromatic heterocycles. The molecule has 0 aliphatic carbocycles. The molecule has 2 rings (SSSR count). The summed E-state index contributed by atoms with van der Waals surface area (Å²) in [5.41, 5.74) is 6.98. The number of hydrogen-bond donors (Lipinski definition) is 1.